The number of aryl methyl sites for hydroxylation is 1. The zero-order chi connectivity index (χ0) is 25.5. The van der Waals surface area contributed by atoms with E-state index < -0.39 is 5.97 Å². The van der Waals surface area contributed by atoms with Gasteiger partial charge in [-0.15, -0.1) is 0 Å². The highest BCUT2D eigenvalue weighted by Crippen LogP contribution is 2.19. The van der Waals surface area contributed by atoms with Crippen LogP contribution in [0, 0.1) is 12.8 Å². The highest BCUT2D eigenvalue weighted by Gasteiger charge is 2.16. The van der Waals surface area contributed by atoms with Crippen LogP contribution in [0.15, 0.2) is 61.1 Å². The Bertz CT molecular complexity index is 1360. The van der Waals surface area contributed by atoms with Gasteiger partial charge in [0, 0.05) is 30.6 Å². The average molecular weight is 498 g/mol. The number of aromatic nitrogens is 6. The molecule has 0 radical (unpaired) electrons. The molecule has 1 aliphatic rings. The summed E-state index contributed by atoms with van der Waals surface area (Å²) in [5, 5.41) is 9.58. The molecule has 37 heavy (non-hydrogen) atoms. The number of piperidine rings is 1. The fourth-order valence-electron chi connectivity index (χ4n) is 3.89. The summed E-state index contributed by atoms with van der Waals surface area (Å²) < 4.78 is 5.43. The van der Waals surface area contributed by atoms with Crippen molar-refractivity contribution in [1.82, 2.24) is 35.2 Å². The Morgan fingerprint density at radius 1 is 1.00 bits per heavy atom. The molecule has 0 bridgehead atoms. The SMILES string of the molecule is Cc1cccc(-c2nccc(Nc3ccnc(Nc4ccc(C(=O)OC[C@@H]5CCCNC5)nc4)n3)n2)n1. The van der Waals surface area contributed by atoms with E-state index in [1.807, 2.05) is 25.1 Å². The zero-order valence-corrected chi connectivity index (χ0v) is 20.4. The Hall–Kier alpha value is -4.51. The van der Waals surface area contributed by atoms with Gasteiger partial charge in [0.15, 0.2) is 5.82 Å². The van der Waals surface area contributed by atoms with Crippen molar-refractivity contribution in [2.24, 2.45) is 5.92 Å². The lowest BCUT2D eigenvalue weighted by molar-refractivity contribution is 0.0414. The van der Waals surface area contributed by atoms with Crippen LogP contribution in [0.5, 0.6) is 0 Å². The Labute approximate surface area is 214 Å². The van der Waals surface area contributed by atoms with Crippen LogP contribution in [0.2, 0.25) is 0 Å². The number of anilines is 4. The van der Waals surface area contributed by atoms with Crippen molar-refractivity contribution in [3.8, 4) is 11.5 Å². The molecular weight excluding hydrogens is 470 g/mol. The number of ether oxygens (including phenoxy) is 1. The van der Waals surface area contributed by atoms with Gasteiger partial charge >= 0.3 is 5.97 Å². The van der Waals surface area contributed by atoms with Gasteiger partial charge in [-0.2, -0.15) is 4.98 Å². The molecule has 11 heteroatoms. The number of carbonyl (C=O) groups is 1. The lowest BCUT2D eigenvalue weighted by Gasteiger charge is -2.22. The summed E-state index contributed by atoms with van der Waals surface area (Å²) >= 11 is 0. The predicted molar refractivity (Wildman–Crippen MR) is 139 cm³/mol. The molecule has 0 saturated carbocycles. The van der Waals surface area contributed by atoms with Gasteiger partial charge in [-0.3, -0.25) is 0 Å². The maximum Gasteiger partial charge on any atom is 0.356 e. The van der Waals surface area contributed by atoms with Crippen LogP contribution in [-0.2, 0) is 4.74 Å². The van der Waals surface area contributed by atoms with Crippen LogP contribution < -0.4 is 16.0 Å². The van der Waals surface area contributed by atoms with Crippen LogP contribution in [0.1, 0.15) is 29.0 Å². The number of esters is 1. The van der Waals surface area contributed by atoms with Gasteiger partial charge in [0.05, 0.1) is 18.5 Å². The minimum atomic E-state index is -0.426. The topological polar surface area (TPSA) is 140 Å². The Morgan fingerprint density at radius 3 is 2.65 bits per heavy atom. The van der Waals surface area contributed by atoms with Gasteiger partial charge in [-0.25, -0.2) is 29.7 Å². The molecule has 4 aromatic rings. The smallest absolute Gasteiger partial charge is 0.356 e. The lowest BCUT2D eigenvalue weighted by atomic mass is 10.0. The van der Waals surface area contributed by atoms with E-state index >= 15 is 0 Å². The summed E-state index contributed by atoms with van der Waals surface area (Å²) in [4.78, 5) is 38.6. The normalized spacial score (nSPS) is 15.1. The Balaban J connectivity index is 1.20. The van der Waals surface area contributed by atoms with Gasteiger partial charge in [-0.05, 0) is 62.7 Å². The Morgan fingerprint density at radius 2 is 1.86 bits per heavy atom. The zero-order valence-electron chi connectivity index (χ0n) is 20.4. The molecule has 1 fully saturated rings. The van der Waals surface area contributed by atoms with E-state index in [0.29, 0.717) is 47.3 Å². The van der Waals surface area contributed by atoms with E-state index in [9.17, 15) is 4.79 Å². The third-order valence-electron chi connectivity index (χ3n) is 5.76. The minimum Gasteiger partial charge on any atom is -0.461 e. The quantitative estimate of drug-likeness (QED) is 0.307. The summed E-state index contributed by atoms with van der Waals surface area (Å²) in [6, 6.07) is 12.5. The molecule has 1 aliphatic heterocycles. The van der Waals surface area contributed by atoms with Crippen LogP contribution in [0.4, 0.5) is 23.3 Å². The molecule has 0 aromatic carbocycles. The van der Waals surface area contributed by atoms with Crippen LogP contribution in [0.25, 0.3) is 11.5 Å². The van der Waals surface area contributed by atoms with E-state index in [0.717, 1.165) is 31.6 Å². The van der Waals surface area contributed by atoms with Crippen LogP contribution in [0.3, 0.4) is 0 Å². The lowest BCUT2D eigenvalue weighted by Crippen LogP contribution is -2.32. The molecule has 0 spiro atoms. The standard InChI is InChI=1S/C26H27N9O2/c1-17-4-2-6-20(31-17)24-28-12-9-22(34-24)33-23-10-13-29-26(35-23)32-19-7-8-21(30-15-19)25(36)37-16-18-5-3-11-27-14-18/h2,4,6-10,12-13,15,18,27H,3,5,11,14,16H2,1H3,(H2,28,29,32,33,34,35)/t18-/m1/s1. The molecule has 11 nitrogen and oxygen atoms in total. The van der Waals surface area contributed by atoms with E-state index in [1.54, 1.807) is 42.9 Å². The number of nitrogens with zero attached hydrogens (tertiary/aromatic N) is 6. The largest absolute Gasteiger partial charge is 0.461 e. The highest BCUT2D eigenvalue weighted by atomic mass is 16.5. The molecule has 1 saturated heterocycles. The van der Waals surface area contributed by atoms with Crippen molar-refractivity contribution < 1.29 is 9.53 Å². The van der Waals surface area contributed by atoms with E-state index in [2.05, 4.69) is 45.9 Å². The van der Waals surface area contributed by atoms with Crippen LogP contribution in [-0.4, -0.2) is 55.6 Å². The van der Waals surface area contributed by atoms with E-state index in [-0.39, 0.29) is 5.69 Å². The summed E-state index contributed by atoms with van der Waals surface area (Å²) in [5.41, 5.74) is 2.48. The van der Waals surface area contributed by atoms with E-state index in [4.69, 9.17) is 4.74 Å². The fourth-order valence-corrected chi connectivity index (χ4v) is 3.89. The first-order valence-corrected chi connectivity index (χ1v) is 12.1. The molecule has 0 aliphatic carbocycles. The van der Waals surface area contributed by atoms with Crippen LogP contribution >= 0.6 is 0 Å². The van der Waals surface area contributed by atoms with Crippen molar-refractivity contribution in [3.05, 3.63) is 72.4 Å². The van der Waals surface area contributed by atoms with Crippen molar-refractivity contribution in [1.29, 1.82) is 0 Å². The molecule has 0 amide bonds. The minimum absolute atomic E-state index is 0.258. The molecule has 1 atom stereocenters. The second-order valence-corrected chi connectivity index (χ2v) is 8.69. The average Bonchev–Trinajstić information content (AvgIpc) is 2.93. The number of pyridine rings is 2. The van der Waals surface area contributed by atoms with Crippen molar-refractivity contribution in [3.63, 3.8) is 0 Å². The molecule has 4 aromatic heterocycles. The summed E-state index contributed by atoms with van der Waals surface area (Å²) in [5.74, 6) is 1.92. The van der Waals surface area contributed by atoms with Gasteiger partial charge < -0.3 is 20.7 Å². The van der Waals surface area contributed by atoms with Crippen molar-refractivity contribution in [2.45, 2.75) is 19.8 Å². The molecule has 5 rings (SSSR count). The molecular formula is C26H27N9O2. The predicted octanol–water partition coefficient (Wildman–Crippen LogP) is 3.68. The fraction of sp³-hybridized carbons (Fsp3) is 0.269. The van der Waals surface area contributed by atoms with Gasteiger partial charge in [0.25, 0.3) is 0 Å². The summed E-state index contributed by atoms with van der Waals surface area (Å²) in [6.07, 6.45) is 7.01. The van der Waals surface area contributed by atoms with Gasteiger partial charge in [-0.1, -0.05) is 6.07 Å². The maximum atomic E-state index is 12.3. The number of rotatable bonds is 8. The number of nitrogens with one attached hydrogen (secondary N) is 3. The molecule has 188 valence electrons. The summed E-state index contributed by atoms with van der Waals surface area (Å²) in [7, 11) is 0. The maximum absolute atomic E-state index is 12.3. The first-order valence-electron chi connectivity index (χ1n) is 12.1. The summed E-state index contributed by atoms with van der Waals surface area (Å²) in [6.45, 7) is 4.22. The van der Waals surface area contributed by atoms with Gasteiger partial charge in [0.1, 0.15) is 23.0 Å². The molecule has 3 N–H and O–H groups in total. The monoisotopic (exact) mass is 497 g/mol. The number of hydrogen-bond acceptors (Lipinski definition) is 11. The first kappa shape index (κ1) is 24.2. The Kier molecular flexibility index (Phi) is 7.51. The molecule has 0 unspecified atom stereocenters. The second kappa shape index (κ2) is 11.5. The third-order valence-corrected chi connectivity index (χ3v) is 5.76. The number of carbonyl (C=O) groups excluding carboxylic acids is 1. The first-order chi connectivity index (χ1) is 18.1. The molecule has 5 heterocycles. The van der Waals surface area contributed by atoms with Crippen molar-refractivity contribution >= 4 is 29.2 Å². The highest BCUT2D eigenvalue weighted by molar-refractivity contribution is 5.87. The van der Waals surface area contributed by atoms with Crippen molar-refractivity contribution in [2.75, 3.05) is 30.3 Å². The van der Waals surface area contributed by atoms with E-state index in [1.165, 1.54) is 0 Å². The second-order valence-electron chi connectivity index (χ2n) is 8.69. The van der Waals surface area contributed by atoms with Gasteiger partial charge in [0.2, 0.25) is 5.95 Å². The number of hydrogen-bond donors (Lipinski definition) is 3. The third kappa shape index (κ3) is 6.58.